The number of nitrogens with one attached hydrogen (secondary N) is 2. The number of amides is 3. The van der Waals surface area contributed by atoms with Gasteiger partial charge >= 0.3 is 6.09 Å². The van der Waals surface area contributed by atoms with Crippen molar-refractivity contribution < 1.29 is 23.5 Å². The maximum absolute atomic E-state index is 14.7. The van der Waals surface area contributed by atoms with Crippen LogP contribution in [0.3, 0.4) is 0 Å². The largest absolute Gasteiger partial charge is 0.453 e. The molecule has 0 unspecified atom stereocenters. The standard InChI is InChI=1S/C40H47FN6O4.5H2S/c1-23(2)25(5)38(48)46-17-7-8-34(46)33-19-29(21-42-33)28-14-11-26(12-15-28)9-10-27-13-16-31-32(18-27)44-37(43-31)35-20-30(41)22-47(35)39(49)36(24(3)4)45-40(50)51-6;;;;;/h11-16,18,21,23-25,30,34-36H,7-8,17,19-20,22H2,1-6H3,(H,43,44)(H,45,50);5*1H2/t25-,30-,34-,35-,36-;;;;;/m0...../s1. The van der Waals surface area contributed by atoms with Gasteiger partial charge in [0.05, 0.1) is 36.8 Å². The number of fused-ring (bicyclic) bond motifs is 1. The number of aliphatic imine (C=N–C) groups is 1. The zero-order chi connectivity index (χ0) is 36.4. The van der Waals surface area contributed by atoms with E-state index in [1.807, 2.05) is 62.2 Å². The van der Waals surface area contributed by atoms with Crippen molar-refractivity contribution in [3.05, 3.63) is 71.2 Å². The molecule has 0 saturated carbocycles. The maximum Gasteiger partial charge on any atom is 0.407 e. The molecule has 3 amide bonds. The molecule has 2 fully saturated rings. The van der Waals surface area contributed by atoms with Crippen molar-refractivity contribution in [1.82, 2.24) is 25.1 Å². The Balaban J connectivity index is 0.00000314. The normalized spacial score (nSPS) is 19.5. The van der Waals surface area contributed by atoms with E-state index < -0.39 is 24.3 Å². The van der Waals surface area contributed by atoms with Gasteiger partial charge in [-0.15, -0.1) is 0 Å². The van der Waals surface area contributed by atoms with Crippen molar-refractivity contribution in [3.8, 4) is 11.8 Å². The minimum absolute atomic E-state index is 0. The predicted molar refractivity (Wildman–Crippen MR) is 247 cm³/mol. The van der Waals surface area contributed by atoms with E-state index in [1.165, 1.54) is 12.0 Å². The molecule has 2 N–H and O–H groups in total. The van der Waals surface area contributed by atoms with E-state index in [0.717, 1.165) is 59.3 Å². The third-order valence-corrected chi connectivity index (χ3v) is 10.4. The summed E-state index contributed by atoms with van der Waals surface area (Å²) in [5, 5.41) is 2.59. The highest BCUT2D eigenvalue weighted by molar-refractivity contribution is 7.60. The Hall–Kier alpha value is -3.23. The number of allylic oxidation sites excluding steroid dienone is 1. The van der Waals surface area contributed by atoms with Crippen LogP contribution in [0.5, 0.6) is 0 Å². The average Bonchev–Trinajstić information content (AvgIpc) is 3.94. The molecule has 56 heavy (non-hydrogen) atoms. The highest BCUT2D eigenvalue weighted by atomic mass is 32.1. The Morgan fingerprint density at radius 2 is 1.55 bits per heavy atom. The van der Waals surface area contributed by atoms with E-state index in [2.05, 4.69) is 48.1 Å². The minimum Gasteiger partial charge on any atom is -0.453 e. The average molecular weight is 865 g/mol. The van der Waals surface area contributed by atoms with Crippen molar-refractivity contribution in [1.29, 1.82) is 0 Å². The number of halogens is 1. The molecule has 6 rings (SSSR count). The van der Waals surface area contributed by atoms with Gasteiger partial charge in [0.15, 0.2) is 0 Å². The fourth-order valence-corrected chi connectivity index (χ4v) is 7.09. The number of hydrogen-bond acceptors (Lipinski definition) is 6. The molecule has 3 aromatic rings. The number of imidazole rings is 1. The highest BCUT2D eigenvalue weighted by Crippen LogP contribution is 2.35. The molecule has 5 atom stereocenters. The molecule has 3 aliphatic heterocycles. The summed E-state index contributed by atoms with van der Waals surface area (Å²) in [6.07, 6.45) is 2.83. The monoisotopic (exact) mass is 864 g/mol. The first kappa shape index (κ1) is 50.8. The molecule has 308 valence electrons. The number of nitrogens with zero attached hydrogens (tertiary/aromatic N) is 4. The topological polar surface area (TPSA) is 120 Å². The molecule has 0 bridgehead atoms. The first-order chi connectivity index (χ1) is 24.4. The molecule has 2 aromatic carbocycles. The molecule has 0 radical (unpaired) electrons. The molecule has 0 aliphatic carbocycles. The number of ether oxygens (including phenoxy) is 1. The number of methoxy groups -OCH3 is 1. The quantitative estimate of drug-likeness (QED) is 0.237. The number of rotatable bonds is 8. The molecule has 4 heterocycles. The van der Waals surface area contributed by atoms with Crippen LogP contribution in [-0.2, 0) is 14.3 Å². The van der Waals surface area contributed by atoms with Gasteiger partial charge in [0.1, 0.15) is 18.0 Å². The van der Waals surface area contributed by atoms with Gasteiger partial charge in [-0.05, 0) is 66.1 Å². The number of H-pyrrole nitrogens is 1. The second-order valence-electron chi connectivity index (χ2n) is 14.6. The Morgan fingerprint density at radius 1 is 0.893 bits per heavy atom. The van der Waals surface area contributed by atoms with Crippen LogP contribution < -0.4 is 5.32 Å². The lowest BCUT2D eigenvalue weighted by atomic mass is 9.94. The predicted octanol–water partition coefficient (Wildman–Crippen LogP) is 6.99. The molecule has 2 saturated heterocycles. The Morgan fingerprint density at radius 3 is 2.20 bits per heavy atom. The SMILES string of the molecule is COC(=O)N[C@H](C(=O)N1C[C@@H](F)C[C@H]1c1nc2ccc(C#Cc3ccc(C4=CN=C([C@@H]5CCCN5C(=O)[C@@H](C)C(C)C)C4)cc3)cc2[nH]1)C(C)C.S.S.S.S.S. The van der Waals surface area contributed by atoms with Crippen molar-refractivity contribution in [2.75, 3.05) is 20.2 Å². The van der Waals surface area contributed by atoms with Gasteiger partial charge in [0, 0.05) is 48.3 Å². The Kier molecular flexibility index (Phi) is 20.0. The summed E-state index contributed by atoms with van der Waals surface area (Å²) in [6.45, 7) is 10.6. The number of hydrogen-bond donors (Lipinski definition) is 2. The summed E-state index contributed by atoms with van der Waals surface area (Å²) in [5.41, 5.74) is 6.38. The molecule has 16 heteroatoms. The van der Waals surface area contributed by atoms with Gasteiger partial charge in [-0.1, -0.05) is 58.6 Å². The number of alkyl carbamates (subject to hydrolysis) is 1. The van der Waals surface area contributed by atoms with Crippen LogP contribution in [0.2, 0.25) is 0 Å². The van der Waals surface area contributed by atoms with Crippen LogP contribution in [0.25, 0.3) is 16.6 Å². The van der Waals surface area contributed by atoms with Crippen LogP contribution in [0.4, 0.5) is 9.18 Å². The number of carbonyl (C=O) groups excluding carboxylic acids is 3. The van der Waals surface area contributed by atoms with E-state index >= 15 is 0 Å². The van der Waals surface area contributed by atoms with Crippen molar-refractivity contribution >= 4 is 108 Å². The fraction of sp³-hybridized carbons (Fsp3) is 0.475. The van der Waals surface area contributed by atoms with Crippen LogP contribution in [0.15, 0.2) is 53.7 Å². The fourth-order valence-electron chi connectivity index (χ4n) is 7.09. The van der Waals surface area contributed by atoms with E-state index in [9.17, 15) is 18.8 Å². The van der Waals surface area contributed by atoms with Crippen LogP contribution in [0.1, 0.15) is 88.9 Å². The summed E-state index contributed by atoms with van der Waals surface area (Å²) in [4.78, 5) is 54.8. The van der Waals surface area contributed by atoms with E-state index in [4.69, 9.17) is 14.7 Å². The molecule has 1 aromatic heterocycles. The second-order valence-corrected chi connectivity index (χ2v) is 14.6. The zero-order valence-electron chi connectivity index (χ0n) is 32.7. The second kappa shape index (κ2) is 22.1. The van der Waals surface area contributed by atoms with Crippen molar-refractivity contribution in [2.24, 2.45) is 22.7 Å². The van der Waals surface area contributed by atoms with Gasteiger partial charge in [-0.25, -0.2) is 14.2 Å². The highest BCUT2D eigenvalue weighted by Gasteiger charge is 2.42. The van der Waals surface area contributed by atoms with Gasteiger partial charge in [0.25, 0.3) is 0 Å². The molecule has 3 aliphatic rings. The smallest absolute Gasteiger partial charge is 0.407 e. The maximum atomic E-state index is 14.7. The van der Waals surface area contributed by atoms with Gasteiger partial charge in [-0.3, -0.25) is 14.6 Å². The zero-order valence-corrected chi connectivity index (χ0v) is 37.7. The van der Waals surface area contributed by atoms with Crippen LogP contribution in [0, 0.1) is 29.6 Å². The molecule has 10 nitrogen and oxygen atoms in total. The van der Waals surface area contributed by atoms with Gasteiger partial charge in [-0.2, -0.15) is 67.5 Å². The number of likely N-dealkylation sites (tertiary alicyclic amines) is 2. The van der Waals surface area contributed by atoms with E-state index in [-0.39, 0.29) is 110 Å². The minimum atomic E-state index is -1.21. The Bertz CT molecular complexity index is 1940. The third kappa shape index (κ3) is 11.2. The van der Waals surface area contributed by atoms with Crippen molar-refractivity contribution in [2.45, 2.75) is 84.6 Å². The number of aromatic amines is 1. The summed E-state index contributed by atoms with van der Waals surface area (Å²) in [6, 6.07) is 12.4. The van der Waals surface area contributed by atoms with Gasteiger partial charge < -0.3 is 24.8 Å². The first-order valence-electron chi connectivity index (χ1n) is 17.9. The van der Waals surface area contributed by atoms with Crippen molar-refractivity contribution in [3.63, 3.8) is 0 Å². The van der Waals surface area contributed by atoms with Gasteiger partial charge in [0.2, 0.25) is 11.8 Å². The molecular formula is C40H57FN6O4S5. The number of carbonyl (C=O) groups is 3. The molecule has 0 spiro atoms. The number of aromatic nitrogens is 2. The van der Waals surface area contributed by atoms with Crippen LogP contribution >= 0.6 is 67.5 Å². The lowest BCUT2D eigenvalue weighted by molar-refractivity contribution is -0.136. The number of alkyl halides is 1. The third-order valence-electron chi connectivity index (χ3n) is 10.4. The first-order valence-corrected chi connectivity index (χ1v) is 17.9. The van der Waals surface area contributed by atoms with Crippen LogP contribution in [-0.4, -0.2) is 81.8 Å². The lowest BCUT2D eigenvalue weighted by Crippen LogP contribution is -2.51. The lowest BCUT2D eigenvalue weighted by Gasteiger charge is -2.29. The summed E-state index contributed by atoms with van der Waals surface area (Å²) in [7, 11) is 1.24. The molecular weight excluding hydrogens is 808 g/mol. The van der Waals surface area contributed by atoms with E-state index in [0.29, 0.717) is 17.3 Å². The Labute approximate surface area is 364 Å². The number of benzene rings is 2. The van der Waals surface area contributed by atoms with E-state index in [1.54, 1.807) is 0 Å². The summed E-state index contributed by atoms with van der Waals surface area (Å²) < 4.78 is 19.4. The summed E-state index contributed by atoms with van der Waals surface area (Å²) in [5.74, 6) is 6.90. The summed E-state index contributed by atoms with van der Waals surface area (Å²) >= 11 is 0.